The van der Waals surface area contributed by atoms with Gasteiger partial charge in [0.1, 0.15) is 17.4 Å². The Hall–Kier alpha value is -3.45. The highest BCUT2D eigenvalue weighted by Gasteiger charge is 2.16. The molecule has 1 aliphatic rings. The molecule has 0 spiro atoms. The van der Waals surface area contributed by atoms with Crippen molar-refractivity contribution in [3.63, 3.8) is 0 Å². The lowest BCUT2D eigenvalue weighted by Crippen LogP contribution is -2.33. The number of nitrogens with zero attached hydrogens (tertiary/aromatic N) is 4. The van der Waals surface area contributed by atoms with Gasteiger partial charge in [-0.3, -0.25) is 0 Å². The van der Waals surface area contributed by atoms with E-state index in [0.29, 0.717) is 17.3 Å². The monoisotopic (exact) mass is 459 g/mol. The quantitative estimate of drug-likeness (QED) is 0.376. The second kappa shape index (κ2) is 9.81. The van der Waals surface area contributed by atoms with Crippen LogP contribution in [-0.4, -0.2) is 45.7 Å². The molecule has 0 saturated carbocycles. The Morgan fingerprint density at radius 1 is 1.00 bits per heavy atom. The van der Waals surface area contributed by atoms with Gasteiger partial charge in [-0.05, 0) is 68.6 Å². The van der Waals surface area contributed by atoms with E-state index < -0.39 is 0 Å². The summed E-state index contributed by atoms with van der Waals surface area (Å²) in [7, 11) is 0. The number of benzene rings is 2. The van der Waals surface area contributed by atoms with Crippen LogP contribution in [0.1, 0.15) is 30.4 Å². The van der Waals surface area contributed by atoms with Gasteiger partial charge in [-0.15, -0.1) is 0 Å². The molecule has 1 N–H and O–H groups in total. The fourth-order valence-electron chi connectivity index (χ4n) is 4.41. The fraction of sp³-hybridized carbons (Fsp3) is 0.333. The molecule has 2 aromatic carbocycles. The van der Waals surface area contributed by atoms with E-state index in [1.807, 2.05) is 16.8 Å². The Morgan fingerprint density at radius 3 is 2.65 bits per heavy atom. The Bertz CT molecular complexity index is 1300. The summed E-state index contributed by atoms with van der Waals surface area (Å²) in [6.07, 6.45) is 5.70. The Kier molecular flexibility index (Phi) is 6.45. The van der Waals surface area contributed by atoms with Crippen molar-refractivity contribution in [3.05, 3.63) is 71.7 Å². The number of piperidine rings is 1. The van der Waals surface area contributed by atoms with Crippen LogP contribution in [0.2, 0.25) is 0 Å². The van der Waals surface area contributed by atoms with Crippen molar-refractivity contribution in [2.45, 2.75) is 33.1 Å². The van der Waals surface area contributed by atoms with E-state index in [4.69, 9.17) is 9.72 Å². The fourth-order valence-corrected chi connectivity index (χ4v) is 4.41. The molecule has 1 saturated heterocycles. The van der Waals surface area contributed by atoms with Crippen molar-refractivity contribution in [2.24, 2.45) is 0 Å². The van der Waals surface area contributed by atoms with Gasteiger partial charge in [-0.2, -0.15) is 14.6 Å². The minimum absolute atomic E-state index is 0.348. The second-order valence-electron chi connectivity index (χ2n) is 8.96. The molecule has 0 amide bonds. The number of fused-ring (bicyclic) bond motifs is 1. The van der Waals surface area contributed by atoms with Gasteiger partial charge >= 0.3 is 0 Å². The molecule has 1 fully saturated rings. The zero-order valence-corrected chi connectivity index (χ0v) is 19.7. The highest BCUT2D eigenvalue weighted by atomic mass is 19.1. The maximum Gasteiger partial charge on any atom is 0.224 e. The van der Waals surface area contributed by atoms with Gasteiger partial charge < -0.3 is 15.0 Å². The third-order valence-corrected chi connectivity index (χ3v) is 6.47. The molecule has 0 radical (unpaired) electrons. The molecule has 1 aliphatic heterocycles. The Balaban J connectivity index is 1.49. The molecule has 34 heavy (non-hydrogen) atoms. The Morgan fingerprint density at radius 2 is 1.85 bits per heavy atom. The number of rotatable bonds is 7. The minimum atomic E-state index is -0.348. The smallest absolute Gasteiger partial charge is 0.224 e. The first kappa shape index (κ1) is 22.3. The maximum atomic E-state index is 13.7. The van der Waals surface area contributed by atoms with Crippen molar-refractivity contribution in [1.29, 1.82) is 0 Å². The van der Waals surface area contributed by atoms with Crippen molar-refractivity contribution in [2.75, 3.05) is 31.5 Å². The molecule has 2 aromatic heterocycles. The number of nitrogens with one attached hydrogen (secondary N) is 1. The van der Waals surface area contributed by atoms with Crippen molar-refractivity contribution in [1.82, 2.24) is 19.5 Å². The summed E-state index contributed by atoms with van der Waals surface area (Å²) < 4.78 is 21.5. The topological polar surface area (TPSA) is 54.7 Å². The van der Waals surface area contributed by atoms with E-state index in [0.717, 1.165) is 43.1 Å². The zero-order chi connectivity index (χ0) is 23.5. The van der Waals surface area contributed by atoms with E-state index in [1.165, 1.54) is 42.5 Å². The number of aryl methyl sites for hydroxylation is 2. The Labute approximate surface area is 199 Å². The number of ether oxygens (including phenoxy) is 1. The molecule has 6 nitrogen and oxygen atoms in total. The molecule has 5 rings (SSSR count). The summed E-state index contributed by atoms with van der Waals surface area (Å²) in [5, 5.41) is 8.16. The highest BCUT2D eigenvalue weighted by Crippen LogP contribution is 2.30. The van der Waals surface area contributed by atoms with Crippen LogP contribution in [0.3, 0.4) is 0 Å². The number of halogens is 1. The number of anilines is 1. The first-order valence-corrected chi connectivity index (χ1v) is 11.9. The third-order valence-electron chi connectivity index (χ3n) is 6.47. The van der Waals surface area contributed by atoms with E-state index in [2.05, 4.69) is 47.4 Å². The van der Waals surface area contributed by atoms with Gasteiger partial charge in [0.05, 0.1) is 6.20 Å². The molecular formula is C27H30FN5O. The van der Waals surface area contributed by atoms with E-state index >= 15 is 0 Å². The predicted molar refractivity (Wildman–Crippen MR) is 133 cm³/mol. The summed E-state index contributed by atoms with van der Waals surface area (Å²) in [5.41, 5.74) is 5.12. The van der Waals surface area contributed by atoms with Gasteiger partial charge in [0.15, 0.2) is 5.65 Å². The van der Waals surface area contributed by atoms with Crippen LogP contribution in [0.5, 0.6) is 11.6 Å². The molecule has 0 unspecified atom stereocenters. The third kappa shape index (κ3) is 4.89. The number of hydrogen-bond acceptors (Lipinski definition) is 5. The molecule has 176 valence electrons. The first-order valence-electron chi connectivity index (χ1n) is 11.9. The molecule has 3 heterocycles. The van der Waals surface area contributed by atoms with E-state index in [-0.39, 0.29) is 5.82 Å². The maximum absolute atomic E-state index is 13.7. The van der Waals surface area contributed by atoms with Crippen molar-refractivity contribution >= 4 is 11.5 Å². The molecule has 7 heteroatoms. The first-order chi connectivity index (χ1) is 16.6. The normalized spacial score (nSPS) is 14.4. The van der Waals surface area contributed by atoms with Gasteiger partial charge in [0.25, 0.3) is 0 Å². The highest BCUT2D eigenvalue weighted by molar-refractivity contribution is 5.79. The van der Waals surface area contributed by atoms with Crippen LogP contribution >= 0.6 is 0 Å². The van der Waals surface area contributed by atoms with Gasteiger partial charge in [0, 0.05) is 30.8 Å². The van der Waals surface area contributed by atoms with Gasteiger partial charge in [-0.1, -0.05) is 30.7 Å². The lowest BCUT2D eigenvalue weighted by molar-refractivity contribution is 0.237. The van der Waals surface area contributed by atoms with E-state index in [1.54, 1.807) is 12.1 Å². The molecular weight excluding hydrogens is 429 g/mol. The van der Waals surface area contributed by atoms with Gasteiger partial charge in [-0.25, -0.2) is 4.39 Å². The van der Waals surface area contributed by atoms with Crippen LogP contribution in [0.15, 0.2) is 54.7 Å². The van der Waals surface area contributed by atoms with Crippen molar-refractivity contribution < 1.29 is 9.13 Å². The van der Waals surface area contributed by atoms with Gasteiger partial charge in [0.2, 0.25) is 5.88 Å². The molecule has 0 atom stereocenters. The van der Waals surface area contributed by atoms with Crippen LogP contribution in [0.4, 0.5) is 10.2 Å². The van der Waals surface area contributed by atoms with Crippen LogP contribution in [-0.2, 0) is 0 Å². The lowest BCUT2D eigenvalue weighted by Gasteiger charge is -2.26. The second-order valence-corrected chi connectivity index (χ2v) is 8.96. The summed E-state index contributed by atoms with van der Waals surface area (Å²) in [5.74, 6) is 1.25. The van der Waals surface area contributed by atoms with Crippen LogP contribution < -0.4 is 10.1 Å². The largest absolute Gasteiger partial charge is 0.439 e. The van der Waals surface area contributed by atoms with Crippen molar-refractivity contribution in [3.8, 4) is 22.8 Å². The number of likely N-dealkylation sites (tertiary alicyclic amines) is 1. The van der Waals surface area contributed by atoms with E-state index in [9.17, 15) is 4.39 Å². The zero-order valence-electron chi connectivity index (χ0n) is 19.7. The molecule has 0 aliphatic carbocycles. The average molecular weight is 460 g/mol. The standard InChI is InChI=1S/C27H30FN5O/c1-19-9-10-21(15-20(19)2)24-18-30-33-25(29-11-14-32-12-4-3-5-13-32)17-26(31-27(24)33)34-23-8-6-7-22(28)16-23/h6-10,15-18,29H,3-5,11-14H2,1-2H3. The van der Waals surface area contributed by atoms with Crippen LogP contribution in [0, 0.1) is 19.7 Å². The molecule has 4 aromatic rings. The average Bonchev–Trinajstić information content (AvgIpc) is 3.26. The summed E-state index contributed by atoms with van der Waals surface area (Å²) in [6, 6.07) is 14.3. The predicted octanol–water partition coefficient (Wildman–Crippen LogP) is 5.84. The number of hydrogen-bond donors (Lipinski definition) is 1. The minimum Gasteiger partial charge on any atom is -0.439 e. The number of aromatic nitrogens is 3. The lowest BCUT2D eigenvalue weighted by atomic mass is 10.0. The summed E-state index contributed by atoms with van der Waals surface area (Å²) in [4.78, 5) is 7.24. The molecule has 0 bridgehead atoms. The SMILES string of the molecule is Cc1ccc(-c2cnn3c(NCCN4CCCCC4)cc(Oc4cccc(F)c4)nc23)cc1C. The summed E-state index contributed by atoms with van der Waals surface area (Å²) >= 11 is 0. The van der Waals surface area contributed by atoms with Crippen LogP contribution in [0.25, 0.3) is 16.8 Å². The summed E-state index contributed by atoms with van der Waals surface area (Å²) in [6.45, 7) is 8.26.